The van der Waals surface area contributed by atoms with Gasteiger partial charge in [-0.2, -0.15) is 13.2 Å². The molecule has 4 nitrogen and oxygen atoms in total. The first-order chi connectivity index (χ1) is 12.3. The molecule has 1 saturated heterocycles. The van der Waals surface area contributed by atoms with Crippen LogP contribution in [0, 0.1) is 0 Å². The number of nitrogens with one attached hydrogen (secondary N) is 1. The lowest BCUT2D eigenvalue weighted by Gasteiger charge is -2.35. The predicted octanol–water partition coefficient (Wildman–Crippen LogP) is 3.71. The Labute approximate surface area is 150 Å². The summed E-state index contributed by atoms with van der Waals surface area (Å²) in [6, 6.07) is 11.7. The Hall–Kier alpha value is -2.54. The standard InChI is InChI=1S/C19H20F3N3O/c1-24-10-12-25(13-11-24)17-5-3-2-4-16(17)18(26)23-15-8-6-14(7-9-15)19(20,21)22/h2-9H,10-13H2,1H3,(H,23,26). The zero-order valence-electron chi connectivity index (χ0n) is 14.4. The fourth-order valence-corrected chi connectivity index (χ4v) is 2.93. The van der Waals surface area contributed by atoms with Crippen molar-refractivity contribution in [3.8, 4) is 0 Å². The van der Waals surface area contributed by atoms with Crippen molar-refractivity contribution >= 4 is 17.3 Å². The average Bonchev–Trinajstić information content (AvgIpc) is 2.62. The molecule has 0 aliphatic carbocycles. The number of nitrogens with zero attached hydrogens (tertiary/aromatic N) is 2. The molecule has 0 radical (unpaired) electrons. The van der Waals surface area contributed by atoms with Crippen LogP contribution in [0.15, 0.2) is 48.5 Å². The van der Waals surface area contributed by atoms with E-state index in [-0.39, 0.29) is 5.91 Å². The first-order valence-electron chi connectivity index (χ1n) is 8.36. The largest absolute Gasteiger partial charge is 0.416 e. The molecular weight excluding hydrogens is 343 g/mol. The summed E-state index contributed by atoms with van der Waals surface area (Å²) in [5.41, 5.74) is 0.937. The summed E-state index contributed by atoms with van der Waals surface area (Å²) in [5.74, 6) is -0.334. The SMILES string of the molecule is CN1CCN(c2ccccc2C(=O)Nc2ccc(C(F)(F)F)cc2)CC1. The zero-order chi connectivity index (χ0) is 18.7. The molecule has 0 saturated carbocycles. The van der Waals surface area contributed by atoms with Gasteiger partial charge in [0.15, 0.2) is 0 Å². The molecule has 2 aromatic carbocycles. The normalized spacial score (nSPS) is 15.8. The Morgan fingerprint density at radius 3 is 2.19 bits per heavy atom. The molecule has 7 heteroatoms. The maximum absolute atomic E-state index is 12.7. The van der Waals surface area contributed by atoms with Crippen LogP contribution >= 0.6 is 0 Å². The van der Waals surface area contributed by atoms with Crippen LogP contribution in [0.2, 0.25) is 0 Å². The van der Waals surface area contributed by atoms with Gasteiger partial charge < -0.3 is 15.1 Å². The van der Waals surface area contributed by atoms with Gasteiger partial charge in [0.05, 0.1) is 11.1 Å². The minimum atomic E-state index is -4.39. The van der Waals surface area contributed by atoms with Gasteiger partial charge >= 0.3 is 6.18 Å². The highest BCUT2D eigenvalue weighted by Crippen LogP contribution is 2.30. The Morgan fingerprint density at radius 1 is 0.962 bits per heavy atom. The lowest BCUT2D eigenvalue weighted by Crippen LogP contribution is -2.45. The van der Waals surface area contributed by atoms with Crippen molar-refractivity contribution in [3.05, 3.63) is 59.7 Å². The van der Waals surface area contributed by atoms with E-state index in [0.29, 0.717) is 11.3 Å². The molecule has 0 spiro atoms. The highest BCUT2D eigenvalue weighted by Gasteiger charge is 2.30. The molecule has 0 bridgehead atoms. The molecule has 1 aliphatic heterocycles. The molecule has 3 rings (SSSR count). The van der Waals surface area contributed by atoms with Crippen molar-refractivity contribution in [1.29, 1.82) is 0 Å². The van der Waals surface area contributed by atoms with E-state index in [1.54, 1.807) is 12.1 Å². The summed E-state index contributed by atoms with van der Waals surface area (Å²) in [6.07, 6.45) is -4.39. The monoisotopic (exact) mass is 363 g/mol. The van der Waals surface area contributed by atoms with Crippen LogP contribution in [-0.2, 0) is 6.18 Å². The van der Waals surface area contributed by atoms with Crippen molar-refractivity contribution in [3.63, 3.8) is 0 Å². The van der Waals surface area contributed by atoms with Gasteiger partial charge in [-0.15, -0.1) is 0 Å². The number of amides is 1. The van der Waals surface area contributed by atoms with E-state index in [9.17, 15) is 18.0 Å². The molecule has 2 aromatic rings. The average molecular weight is 363 g/mol. The van der Waals surface area contributed by atoms with Crippen molar-refractivity contribution in [2.24, 2.45) is 0 Å². The number of halogens is 3. The smallest absolute Gasteiger partial charge is 0.368 e. The number of alkyl halides is 3. The Kier molecular flexibility index (Phi) is 5.18. The Balaban J connectivity index is 1.76. The first kappa shape index (κ1) is 18.3. The minimum Gasteiger partial charge on any atom is -0.368 e. The maximum Gasteiger partial charge on any atom is 0.416 e. The molecule has 26 heavy (non-hydrogen) atoms. The van der Waals surface area contributed by atoms with Crippen LogP contribution in [0.5, 0.6) is 0 Å². The number of hydrogen-bond acceptors (Lipinski definition) is 3. The predicted molar refractivity (Wildman–Crippen MR) is 95.5 cm³/mol. The second-order valence-electron chi connectivity index (χ2n) is 6.34. The number of likely N-dealkylation sites (N-methyl/N-ethyl adjacent to an activating group) is 1. The number of hydrogen-bond donors (Lipinski definition) is 1. The molecule has 1 heterocycles. The van der Waals surface area contributed by atoms with Gasteiger partial charge in [-0.1, -0.05) is 12.1 Å². The second-order valence-corrected chi connectivity index (χ2v) is 6.34. The van der Waals surface area contributed by atoms with Gasteiger partial charge in [0.1, 0.15) is 0 Å². The van der Waals surface area contributed by atoms with E-state index in [1.165, 1.54) is 12.1 Å². The lowest BCUT2D eigenvalue weighted by atomic mass is 10.1. The number of carbonyl (C=O) groups is 1. The van der Waals surface area contributed by atoms with Crippen molar-refractivity contribution in [2.45, 2.75) is 6.18 Å². The number of piperazine rings is 1. The molecule has 0 aromatic heterocycles. The van der Waals surface area contributed by atoms with E-state index < -0.39 is 11.7 Å². The molecule has 1 N–H and O–H groups in total. The zero-order valence-corrected chi connectivity index (χ0v) is 14.4. The molecule has 0 atom stereocenters. The number of carbonyl (C=O) groups excluding carboxylic acids is 1. The van der Waals surface area contributed by atoms with E-state index in [4.69, 9.17) is 0 Å². The molecule has 0 unspecified atom stereocenters. The highest BCUT2D eigenvalue weighted by atomic mass is 19.4. The summed E-state index contributed by atoms with van der Waals surface area (Å²) in [7, 11) is 2.06. The first-order valence-corrected chi connectivity index (χ1v) is 8.36. The number of benzene rings is 2. The molecule has 1 fully saturated rings. The summed E-state index contributed by atoms with van der Waals surface area (Å²) >= 11 is 0. The number of para-hydroxylation sites is 1. The minimum absolute atomic E-state index is 0.330. The van der Waals surface area contributed by atoms with Crippen LogP contribution < -0.4 is 10.2 Å². The van der Waals surface area contributed by atoms with Gasteiger partial charge in [0.25, 0.3) is 5.91 Å². The van der Waals surface area contributed by atoms with Gasteiger partial charge in [-0.25, -0.2) is 0 Å². The molecule has 1 aliphatic rings. The van der Waals surface area contributed by atoms with Crippen molar-refractivity contribution < 1.29 is 18.0 Å². The third-order valence-electron chi connectivity index (χ3n) is 4.46. The highest BCUT2D eigenvalue weighted by molar-refractivity contribution is 6.08. The fourth-order valence-electron chi connectivity index (χ4n) is 2.93. The Morgan fingerprint density at radius 2 is 1.58 bits per heavy atom. The molecular formula is C19H20F3N3O. The third-order valence-corrected chi connectivity index (χ3v) is 4.46. The van der Waals surface area contributed by atoms with Crippen LogP contribution in [-0.4, -0.2) is 44.0 Å². The van der Waals surface area contributed by atoms with Crippen molar-refractivity contribution in [1.82, 2.24) is 4.90 Å². The topological polar surface area (TPSA) is 35.6 Å². The molecule has 138 valence electrons. The lowest BCUT2D eigenvalue weighted by molar-refractivity contribution is -0.137. The van der Waals surface area contributed by atoms with E-state index in [1.807, 2.05) is 12.1 Å². The fraction of sp³-hybridized carbons (Fsp3) is 0.316. The second kappa shape index (κ2) is 7.37. The summed E-state index contributed by atoms with van der Waals surface area (Å²) in [4.78, 5) is 17.0. The quantitative estimate of drug-likeness (QED) is 0.903. The molecule has 1 amide bonds. The number of rotatable bonds is 3. The third kappa shape index (κ3) is 4.16. The van der Waals surface area contributed by atoms with Gasteiger partial charge in [0.2, 0.25) is 0 Å². The van der Waals surface area contributed by atoms with E-state index in [0.717, 1.165) is 44.0 Å². The van der Waals surface area contributed by atoms with E-state index >= 15 is 0 Å². The summed E-state index contributed by atoms with van der Waals surface area (Å²) in [5, 5.41) is 2.68. The van der Waals surface area contributed by atoms with Gasteiger partial charge in [-0.05, 0) is 43.4 Å². The van der Waals surface area contributed by atoms with Crippen LogP contribution in [0.4, 0.5) is 24.5 Å². The summed E-state index contributed by atoms with van der Waals surface area (Å²) in [6.45, 7) is 3.46. The van der Waals surface area contributed by atoms with E-state index in [2.05, 4.69) is 22.2 Å². The maximum atomic E-state index is 12.7. The number of anilines is 2. The van der Waals surface area contributed by atoms with Gasteiger partial charge in [-0.3, -0.25) is 4.79 Å². The van der Waals surface area contributed by atoms with Crippen molar-refractivity contribution in [2.75, 3.05) is 43.4 Å². The van der Waals surface area contributed by atoms with Gasteiger partial charge in [0, 0.05) is 37.6 Å². The Bertz CT molecular complexity index is 766. The van der Waals surface area contributed by atoms with Crippen LogP contribution in [0.1, 0.15) is 15.9 Å². The van der Waals surface area contributed by atoms with Crippen LogP contribution in [0.25, 0.3) is 0 Å². The summed E-state index contributed by atoms with van der Waals surface area (Å²) < 4.78 is 37.9. The van der Waals surface area contributed by atoms with Crippen LogP contribution in [0.3, 0.4) is 0 Å².